The Kier molecular flexibility index (Phi) is 6.63. The summed E-state index contributed by atoms with van der Waals surface area (Å²) in [5.41, 5.74) is 2.13. The van der Waals surface area contributed by atoms with E-state index in [2.05, 4.69) is 34.8 Å². The molecule has 0 radical (unpaired) electrons. The van der Waals surface area contributed by atoms with Gasteiger partial charge in [0, 0.05) is 24.7 Å². The molecule has 0 amide bonds. The highest BCUT2D eigenvalue weighted by atomic mass is 127. The number of halogens is 4. The average molecular weight is 455 g/mol. The first-order valence-corrected chi connectivity index (χ1v) is 8.85. The molecule has 2 aromatic rings. The molecule has 0 bridgehead atoms. The number of rotatable bonds is 5. The van der Waals surface area contributed by atoms with Crippen LogP contribution in [-0.4, -0.2) is 6.54 Å². The van der Waals surface area contributed by atoms with Gasteiger partial charge in [0.05, 0.1) is 0 Å². The Morgan fingerprint density at radius 1 is 1.10 bits per heavy atom. The zero-order valence-corrected chi connectivity index (χ0v) is 15.9. The van der Waals surface area contributed by atoms with Crippen LogP contribution in [0.1, 0.15) is 24.1 Å². The van der Waals surface area contributed by atoms with Crippen molar-refractivity contribution >= 4 is 57.4 Å². The monoisotopic (exact) mass is 453 g/mol. The molecule has 0 saturated heterocycles. The normalized spacial score (nSPS) is 12.4. The topological polar surface area (TPSA) is 12.0 Å². The van der Waals surface area contributed by atoms with E-state index in [1.165, 1.54) is 9.13 Å². The van der Waals surface area contributed by atoms with Gasteiger partial charge in [0.1, 0.15) is 0 Å². The van der Waals surface area contributed by atoms with E-state index in [4.69, 9.17) is 34.8 Å². The van der Waals surface area contributed by atoms with E-state index < -0.39 is 0 Å². The average Bonchev–Trinajstić information content (AvgIpc) is 2.44. The number of benzene rings is 2. The van der Waals surface area contributed by atoms with Crippen LogP contribution in [0.2, 0.25) is 15.1 Å². The van der Waals surface area contributed by atoms with Crippen LogP contribution in [0.5, 0.6) is 0 Å². The molecule has 0 aliphatic rings. The van der Waals surface area contributed by atoms with Crippen molar-refractivity contribution < 1.29 is 0 Å². The Hall–Kier alpha value is -0.000000000000000111. The zero-order chi connectivity index (χ0) is 15.4. The van der Waals surface area contributed by atoms with Gasteiger partial charge in [-0.05, 0) is 77.0 Å². The second kappa shape index (κ2) is 8.02. The number of hydrogen-bond acceptors (Lipinski definition) is 1. The minimum Gasteiger partial charge on any atom is -0.310 e. The summed E-state index contributed by atoms with van der Waals surface area (Å²) in [6.45, 7) is 2.94. The van der Waals surface area contributed by atoms with Crippen LogP contribution in [0.4, 0.5) is 0 Å². The maximum absolute atomic E-state index is 6.29. The predicted octanol–water partition coefficient (Wildman–Crippen LogP) is 6.14. The highest BCUT2D eigenvalue weighted by Gasteiger charge is 2.18. The molecule has 1 nitrogen and oxygen atoms in total. The molecule has 1 N–H and O–H groups in total. The van der Waals surface area contributed by atoms with E-state index in [0.29, 0.717) is 10.0 Å². The van der Waals surface area contributed by atoms with Crippen LogP contribution < -0.4 is 5.32 Å². The van der Waals surface area contributed by atoms with E-state index >= 15 is 0 Å². The van der Waals surface area contributed by atoms with Gasteiger partial charge in [-0.3, -0.25) is 0 Å². The molecule has 1 unspecified atom stereocenters. The van der Waals surface area contributed by atoms with Gasteiger partial charge < -0.3 is 5.32 Å². The van der Waals surface area contributed by atoms with Crippen LogP contribution in [-0.2, 0) is 6.42 Å². The summed E-state index contributed by atoms with van der Waals surface area (Å²) in [6.07, 6.45) is 0.725. The smallest absolute Gasteiger partial charge is 0.0453 e. The van der Waals surface area contributed by atoms with Crippen molar-refractivity contribution in [2.45, 2.75) is 19.4 Å². The minimum absolute atomic E-state index is 0.123. The molecule has 2 aromatic carbocycles. The molecule has 0 fully saturated rings. The van der Waals surface area contributed by atoms with Gasteiger partial charge in [0.15, 0.2) is 0 Å². The third-order valence-corrected chi connectivity index (χ3v) is 5.18. The van der Waals surface area contributed by atoms with Crippen LogP contribution in [0.25, 0.3) is 0 Å². The van der Waals surface area contributed by atoms with Crippen LogP contribution in [0.3, 0.4) is 0 Å². The van der Waals surface area contributed by atoms with E-state index in [0.717, 1.165) is 23.6 Å². The van der Waals surface area contributed by atoms with E-state index in [-0.39, 0.29) is 6.04 Å². The molecular weight excluding hydrogens is 439 g/mol. The molecule has 21 heavy (non-hydrogen) atoms. The summed E-state index contributed by atoms with van der Waals surface area (Å²) in [6, 6.07) is 11.7. The predicted molar refractivity (Wildman–Crippen MR) is 101 cm³/mol. The van der Waals surface area contributed by atoms with Crippen molar-refractivity contribution in [3.05, 3.63) is 66.2 Å². The lowest BCUT2D eigenvalue weighted by atomic mass is 9.98. The Balaban J connectivity index is 2.38. The summed E-state index contributed by atoms with van der Waals surface area (Å²) in [7, 11) is 0. The van der Waals surface area contributed by atoms with Crippen molar-refractivity contribution in [2.75, 3.05) is 6.54 Å². The molecule has 2 rings (SSSR count). The van der Waals surface area contributed by atoms with Crippen molar-refractivity contribution in [3.63, 3.8) is 0 Å². The van der Waals surface area contributed by atoms with Crippen LogP contribution in [0.15, 0.2) is 36.4 Å². The molecule has 0 aliphatic heterocycles. The Labute approximate surface area is 154 Å². The van der Waals surface area contributed by atoms with E-state index in [1.807, 2.05) is 36.4 Å². The Morgan fingerprint density at radius 3 is 2.38 bits per heavy atom. The number of likely N-dealkylation sites (N-methyl/N-ethyl adjacent to an activating group) is 1. The first-order chi connectivity index (χ1) is 10.0. The molecule has 5 heteroatoms. The summed E-state index contributed by atoms with van der Waals surface area (Å²) < 4.78 is 1.17. The molecule has 0 aliphatic carbocycles. The van der Waals surface area contributed by atoms with E-state index in [1.54, 1.807) is 0 Å². The van der Waals surface area contributed by atoms with Gasteiger partial charge in [-0.15, -0.1) is 0 Å². The van der Waals surface area contributed by atoms with Gasteiger partial charge >= 0.3 is 0 Å². The summed E-state index contributed by atoms with van der Waals surface area (Å²) in [4.78, 5) is 0. The zero-order valence-electron chi connectivity index (χ0n) is 11.5. The molecule has 0 aromatic heterocycles. The molecule has 0 heterocycles. The van der Waals surface area contributed by atoms with Gasteiger partial charge in [-0.25, -0.2) is 0 Å². The Morgan fingerprint density at radius 2 is 1.76 bits per heavy atom. The lowest BCUT2D eigenvalue weighted by molar-refractivity contribution is 0.548. The maximum Gasteiger partial charge on any atom is 0.0453 e. The van der Waals surface area contributed by atoms with Gasteiger partial charge in [-0.2, -0.15) is 0 Å². The van der Waals surface area contributed by atoms with Gasteiger partial charge in [0.25, 0.3) is 0 Å². The lowest BCUT2D eigenvalue weighted by Gasteiger charge is -2.21. The van der Waals surface area contributed by atoms with Gasteiger partial charge in [0.2, 0.25) is 0 Å². The molecule has 0 saturated carbocycles. The van der Waals surface area contributed by atoms with Crippen molar-refractivity contribution in [1.82, 2.24) is 5.32 Å². The standard InChI is InChI=1S/C16H15Cl3IN/c1-2-21-16(12-8-10(17)6-7-15(12)20)9-11-13(18)4-3-5-14(11)19/h3-8,16,21H,2,9H2,1H3. The summed E-state index contributed by atoms with van der Waals surface area (Å²) in [5.74, 6) is 0. The highest BCUT2D eigenvalue weighted by Crippen LogP contribution is 2.32. The van der Waals surface area contributed by atoms with Crippen molar-refractivity contribution in [2.24, 2.45) is 0 Å². The maximum atomic E-state index is 6.29. The second-order valence-electron chi connectivity index (χ2n) is 4.68. The Bertz CT molecular complexity index is 611. The first-order valence-electron chi connectivity index (χ1n) is 6.64. The highest BCUT2D eigenvalue weighted by molar-refractivity contribution is 14.1. The molecule has 0 spiro atoms. The first kappa shape index (κ1) is 17.4. The minimum atomic E-state index is 0.123. The quantitative estimate of drug-likeness (QED) is 0.535. The number of hydrogen-bond donors (Lipinski definition) is 1. The fourth-order valence-corrected chi connectivity index (χ4v) is 3.70. The van der Waals surface area contributed by atoms with Crippen LogP contribution >= 0.6 is 57.4 Å². The number of nitrogens with one attached hydrogen (secondary N) is 1. The second-order valence-corrected chi connectivity index (χ2v) is 7.09. The van der Waals surface area contributed by atoms with Gasteiger partial charge in [-0.1, -0.05) is 47.8 Å². The van der Waals surface area contributed by atoms with E-state index in [9.17, 15) is 0 Å². The summed E-state index contributed by atoms with van der Waals surface area (Å²) in [5, 5.41) is 5.62. The van der Waals surface area contributed by atoms with Crippen LogP contribution in [0, 0.1) is 3.57 Å². The lowest BCUT2D eigenvalue weighted by Crippen LogP contribution is -2.24. The molecule has 1 atom stereocenters. The fraction of sp³-hybridized carbons (Fsp3) is 0.250. The SMILES string of the molecule is CCNC(Cc1c(Cl)cccc1Cl)c1cc(Cl)ccc1I. The molecule has 112 valence electrons. The third-order valence-electron chi connectivity index (χ3n) is 3.25. The summed E-state index contributed by atoms with van der Waals surface area (Å²) >= 11 is 21.1. The van der Waals surface area contributed by atoms with Crippen molar-refractivity contribution in [3.8, 4) is 0 Å². The van der Waals surface area contributed by atoms with Crippen molar-refractivity contribution in [1.29, 1.82) is 0 Å². The molecular formula is C16H15Cl3IN. The third kappa shape index (κ3) is 4.49. The fourth-order valence-electron chi connectivity index (χ4n) is 2.25. The largest absolute Gasteiger partial charge is 0.310 e.